The molecule has 1 aromatic rings. The van der Waals surface area contributed by atoms with Crippen LogP contribution in [0.1, 0.15) is 33.6 Å². The number of ether oxygens (including phenoxy) is 1. The normalized spacial score (nSPS) is 11.1. The van der Waals surface area contributed by atoms with Gasteiger partial charge in [-0.2, -0.15) is 0 Å². The highest BCUT2D eigenvalue weighted by Gasteiger charge is 2.14. The van der Waals surface area contributed by atoms with Crippen LogP contribution in [0.2, 0.25) is 0 Å². The molecule has 0 radical (unpaired) electrons. The molecule has 4 nitrogen and oxygen atoms in total. The zero-order chi connectivity index (χ0) is 13.6. The summed E-state index contributed by atoms with van der Waals surface area (Å²) in [6, 6.07) is 7.41. The van der Waals surface area contributed by atoms with E-state index in [-0.39, 0.29) is 11.4 Å². The Morgan fingerprint density at radius 2 is 2.06 bits per heavy atom. The van der Waals surface area contributed by atoms with Gasteiger partial charge in [-0.1, -0.05) is 12.1 Å². The van der Waals surface area contributed by atoms with E-state index < -0.39 is 0 Å². The molecule has 1 amide bonds. The van der Waals surface area contributed by atoms with Crippen LogP contribution in [0, 0.1) is 0 Å². The van der Waals surface area contributed by atoms with Crippen molar-refractivity contribution in [3.8, 4) is 5.75 Å². The zero-order valence-electron chi connectivity index (χ0n) is 11.3. The van der Waals surface area contributed by atoms with E-state index in [0.29, 0.717) is 30.9 Å². The minimum Gasteiger partial charge on any atom is -0.492 e. The molecule has 0 saturated carbocycles. The van der Waals surface area contributed by atoms with Crippen molar-refractivity contribution >= 4 is 11.6 Å². The first-order valence-corrected chi connectivity index (χ1v) is 6.23. The Labute approximate surface area is 109 Å². The van der Waals surface area contributed by atoms with Crippen molar-refractivity contribution in [1.29, 1.82) is 0 Å². The van der Waals surface area contributed by atoms with Crippen molar-refractivity contribution in [3.05, 3.63) is 24.3 Å². The Bertz CT molecular complexity index is 397. The van der Waals surface area contributed by atoms with Gasteiger partial charge in [-0.15, -0.1) is 0 Å². The van der Waals surface area contributed by atoms with Crippen LogP contribution >= 0.6 is 0 Å². The van der Waals surface area contributed by atoms with Crippen molar-refractivity contribution in [2.75, 3.05) is 11.9 Å². The van der Waals surface area contributed by atoms with E-state index >= 15 is 0 Å². The van der Waals surface area contributed by atoms with E-state index in [9.17, 15) is 4.79 Å². The van der Waals surface area contributed by atoms with Crippen LogP contribution in [-0.4, -0.2) is 18.1 Å². The van der Waals surface area contributed by atoms with E-state index in [2.05, 4.69) is 5.32 Å². The summed E-state index contributed by atoms with van der Waals surface area (Å²) in [7, 11) is 0. The molecule has 0 heterocycles. The first-order chi connectivity index (χ1) is 8.42. The van der Waals surface area contributed by atoms with Gasteiger partial charge in [0, 0.05) is 12.0 Å². The van der Waals surface area contributed by atoms with E-state index in [1.165, 1.54) is 0 Å². The summed E-state index contributed by atoms with van der Waals surface area (Å²) in [4.78, 5) is 11.8. The number of nitrogens with two attached hydrogens (primary N) is 1. The van der Waals surface area contributed by atoms with E-state index in [0.717, 1.165) is 0 Å². The smallest absolute Gasteiger partial charge is 0.224 e. The minimum atomic E-state index is -0.323. The molecule has 0 atom stereocenters. The topological polar surface area (TPSA) is 64.3 Å². The second-order valence-electron chi connectivity index (χ2n) is 4.97. The number of nitrogens with one attached hydrogen (secondary N) is 1. The molecule has 0 aliphatic heterocycles. The SMILES string of the molecule is CCOc1ccccc1NC(=O)CCC(C)(C)N. The predicted molar refractivity (Wildman–Crippen MR) is 73.7 cm³/mol. The van der Waals surface area contributed by atoms with Crippen LogP contribution in [0.25, 0.3) is 0 Å². The summed E-state index contributed by atoms with van der Waals surface area (Å²) in [6.45, 7) is 6.31. The lowest BCUT2D eigenvalue weighted by atomic mass is 10.00. The number of amides is 1. The minimum absolute atomic E-state index is 0.0410. The average molecular weight is 250 g/mol. The average Bonchev–Trinajstić information content (AvgIpc) is 2.29. The maximum atomic E-state index is 11.8. The first-order valence-electron chi connectivity index (χ1n) is 6.23. The number of hydrogen-bond donors (Lipinski definition) is 2. The predicted octanol–water partition coefficient (Wildman–Crippen LogP) is 2.54. The Kier molecular flexibility index (Phi) is 5.16. The van der Waals surface area contributed by atoms with Gasteiger partial charge in [0.1, 0.15) is 5.75 Å². The lowest BCUT2D eigenvalue weighted by Crippen LogP contribution is -2.33. The fraction of sp³-hybridized carbons (Fsp3) is 0.500. The highest BCUT2D eigenvalue weighted by molar-refractivity contribution is 5.92. The van der Waals surface area contributed by atoms with Gasteiger partial charge >= 0.3 is 0 Å². The van der Waals surface area contributed by atoms with Gasteiger partial charge in [-0.05, 0) is 39.3 Å². The highest BCUT2D eigenvalue weighted by atomic mass is 16.5. The van der Waals surface area contributed by atoms with Crippen LogP contribution < -0.4 is 15.8 Å². The van der Waals surface area contributed by atoms with Crippen molar-refractivity contribution in [2.24, 2.45) is 5.73 Å². The van der Waals surface area contributed by atoms with Crippen molar-refractivity contribution in [1.82, 2.24) is 0 Å². The fourth-order valence-electron chi connectivity index (χ4n) is 1.50. The third-order valence-corrected chi connectivity index (χ3v) is 2.46. The van der Waals surface area contributed by atoms with Crippen LogP contribution in [0.3, 0.4) is 0 Å². The van der Waals surface area contributed by atoms with Crippen molar-refractivity contribution in [2.45, 2.75) is 39.2 Å². The molecule has 18 heavy (non-hydrogen) atoms. The third kappa shape index (κ3) is 5.19. The number of para-hydroxylation sites is 2. The molecule has 0 fully saturated rings. The molecule has 0 spiro atoms. The molecule has 0 bridgehead atoms. The molecule has 0 aliphatic rings. The molecule has 4 heteroatoms. The number of carbonyl (C=O) groups is 1. The Morgan fingerprint density at radius 3 is 2.67 bits per heavy atom. The van der Waals surface area contributed by atoms with Gasteiger partial charge in [0.05, 0.1) is 12.3 Å². The van der Waals surface area contributed by atoms with E-state index in [4.69, 9.17) is 10.5 Å². The van der Waals surface area contributed by atoms with E-state index in [1.807, 2.05) is 45.0 Å². The fourth-order valence-corrected chi connectivity index (χ4v) is 1.50. The van der Waals surface area contributed by atoms with Gasteiger partial charge in [0.15, 0.2) is 0 Å². The Hall–Kier alpha value is -1.55. The monoisotopic (exact) mass is 250 g/mol. The molecule has 0 aromatic heterocycles. The van der Waals surface area contributed by atoms with Gasteiger partial charge in [-0.3, -0.25) is 4.79 Å². The quantitative estimate of drug-likeness (QED) is 0.815. The molecule has 0 unspecified atom stereocenters. The lowest BCUT2D eigenvalue weighted by Gasteiger charge is -2.18. The zero-order valence-corrected chi connectivity index (χ0v) is 11.3. The summed E-state index contributed by atoms with van der Waals surface area (Å²) in [5.41, 5.74) is 6.23. The molecule has 100 valence electrons. The first kappa shape index (κ1) is 14.5. The van der Waals surface area contributed by atoms with E-state index in [1.54, 1.807) is 0 Å². The molecule has 0 saturated heterocycles. The number of hydrogen-bond acceptors (Lipinski definition) is 3. The second kappa shape index (κ2) is 6.40. The largest absolute Gasteiger partial charge is 0.492 e. The standard InChI is InChI=1S/C14H22N2O2/c1-4-18-12-8-6-5-7-11(12)16-13(17)9-10-14(2,3)15/h5-8H,4,9-10,15H2,1-3H3,(H,16,17). The van der Waals surface area contributed by atoms with Gasteiger partial charge in [-0.25, -0.2) is 0 Å². The van der Waals surface area contributed by atoms with Crippen LogP contribution in [-0.2, 0) is 4.79 Å². The summed E-state index contributed by atoms with van der Waals surface area (Å²) in [5.74, 6) is 0.654. The number of benzene rings is 1. The Balaban J connectivity index is 2.59. The maximum absolute atomic E-state index is 11.8. The molecule has 0 aliphatic carbocycles. The molecule has 1 rings (SSSR count). The number of carbonyl (C=O) groups excluding carboxylic acids is 1. The molecular formula is C14H22N2O2. The number of rotatable bonds is 6. The van der Waals surface area contributed by atoms with Crippen LogP contribution in [0.5, 0.6) is 5.75 Å². The van der Waals surface area contributed by atoms with Crippen LogP contribution in [0.15, 0.2) is 24.3 Å². The van der Waals surface area contributed by atoms with Crippen molar-refractivity contribution in [3.63, 3.8) is 0 Å². The van der Waals surface area contributed by atoms with Crippen LogP contribution in [0.4, 0.5) is 5.69 Å². The molecular weight excluding hydrogens is 228 g/mol. The van der Waals surface area contributed by atoms with Crippen molar-refractivity contribution < 1.29 is 9.53 Å². The summed E-state index contributed by atoms with van der Waals surface area (Å²) >= 11 is 0. The summed E-state index contributed by atoms with van der Waals surface area (Å²) < 4.78 is 5.44. The highest BCUT2D eigenvalue weighted by Crippen LogP contribution is 2.24. The summed E-state index contributed by atoms with van der Waals surface area (Å²) in [6.07, 6.45) is 1.06. The number of anilines is 1. The summed E-state index contributed by atoms with van der Waals surface area (Å²) in [5, 5.41) is 2.85. The van der Waals surface area contributed by atoms with Gasteiger partial charge in [0.25, 0.3) is 0 Å². The molecule has 3 N–H and O–H groups in total. The molecule has 1 aromatic carbocycles. The lowest BCUT2D eigenvalue weighted by molar-refractivity contribution is -0.116. The Morgan fingerprint density at radius 1 is 1.39 bits per heavy atom. The van der Waals surface area contributed by atoms with Gasteiger partial charge in [0.2, 0.25) is 5.91 Å². The second-order valence-corrected chi connectivity index (χ2v) is 4.97. The third-order valence-electron chi connectivity index (χ3n) is 2.46. The maximum Gasteiger partial charge on any atom is 0.224 e. The van der Waals surface area contributed by atoms with Gasteiger partial charge < -0.3 is 15.8 Å².